The number of ether oxygens (including phenoxy) is 2. The van der Waals surface area contributed by atoms with Crippen LogP contribution in [0.4, 0.5) is 0 Å². The molecule has 64 heavy (non-hydrogen) atoms. The van der Waals surface area contributed by atoms with E-state index in [1.807, 2.05) is 21.1 Å². The Morgan fingerprint density at radius 3 is 1.03 bits per heavy atom. The van der Waals surface area contributed by atoms with Crippen LogP contribution >= 0.6 is 7.82 Å². The van der Waals surface area contributed by atoms with Crippen LogP contribution in [0.15, 0.2) is 0 Å². The Hall–Kier alpha value is -0.500. The van der Waals surface area contributed by atoms with Crippen molar-refractivity contribution in [2.45, 2.75) is 296 Å². The molecule has 0 fully saturated rings. The highest BCUT2D eigenvalue weighted by Crippen LogP contribution is 2.38. The number of phosphoric acid groups is 1. The van der Waals surface area contributed by atoms with Gasteiger partial charge in [-0.05, 0) is 12.8 Å². The molecule has 0 heterocycles. The second kappa shape index (κ2) is 48.9. The molecular weight excluding hydrogens is 818 g/mol. The highest BCUT2D eigenvalue weighted by Gasteiger charge is 2.20. The topological polar surface area (TPSA) is 94.1 Å². The van der Waals surface area contributed by atoms with Crippen molar-refractivity contribution in [3.8, 4) is 0 Å². The summed E-state index contributed by atoms with van der Waals surface area (Å²) in [6, 6.07) is 0. The van der Waals surface area contributed by atoms with Crippen molar-refractivity contribution >= 4 is 13.8 Å². The van der Waals surface area contributed by atoms with Crippen molar-refractivity contribution < 1.29 is 37.3 Å². The quantitative estimate of drug-likeness (QED) is 0.0259. The summed E-state index contributed by atoms with van der Waals surface area (Å²) >= 11 is 0. The second-order valence-corrected chi connectivity index (χ2v) is 22.1. The predicted octanol–water partition coefficient (Wildman–Crippen LogP) is 16.9. The summed E-state index contributed by atoms with van der Waals surface area (Å²) < 4.78 is 34.7. The van der Waals surface area contributed by atoms with Gasteiger partial charge >= 0.3 is 5.97 Å². The zero-order valence-electron chi connectivity index (χ0n) is 43.8. The summed E-state index contributed by atoms with van der Waals surface area (Å²) in [5.41, 5.74) is 0. The fourth-order valence-electron chi connectivity index (χ4n) is 8.55. The first-order chi connectivity index (χ1) is 31.1. The fourth-order valence-corrected chi connectivity index (χ4v) is 9.28. The van der Waals surface area contributed by atoms with E-state index in [2.05, 4.69) is 13.8 Å². The van der Waals surface area contributed by atoms with Crippen molar-refractivity contribution in [1.82, 2.24) is 0 Å². The van der Waals surface area contributed by atoms with E-state index in [0.717, 1.165) is 32.1 Å². The van der Waals surface area contributed by atoms with Crippen molar-refractivity contribution in [3.63, 3.8) is 0 Å². The smallest absolute Gasteiger partial charge is 0.306 e. The molecule has 9 heteroatoms. The monoisotopic (exact) mass is 930 g/mol. The van der Waals surface area contributed by atoms with E-state index in [1.165, 1.54) is 238 Å². The van der Waals surface area contributed by atoms with Crippen LogP contribution in [-0.2, 0) is 27.9 Å². The Bertz CT molecular complexity index is 992. The van der Waals surface area contributed by atoms with Crippen LogP contribution < -0.4 is 4.89 Å². The molecule has 0 aliphatic rings. The van der Waals surface area contributed by atoms with Crippen LogP contribution in [0.5, 0.6) is 0 Å². The summed E-state index contributed by atoms with van der Waals surface area (Å²) in [5, 5.41) is 0. The number of esters is 1. The molecule has 0 aliphatic heterocycles. The fraction of sp³-hybridized carbons (Fsp3) is 0.982. The third kappa shape index (κ3) is 52.5. The first-order valence-electron chi connectivity index (χ1n) is 28.3. The number of likely N-dealkylation sites (N-methyl/N-ethyl adjacent to an activating group) is 1. The lowest BCUT2D eigenvalue weighted by Gasteiger charge is -2.28. The maximum absolute atomic E-state index is 12.8. The first-order valence-corrected chi connectivity index (χ1v) is 29.7. The SMILES string of the molecule is CCCCCCCCCCCCCCCCCCCCCCCCCCCCCCCCC(=O)O[C@H](COCCCCCCCCCCCCCC)COP(=O)([O-])OCC[N+](C)(C)C. The average Bonchev–Trinajstić information content (AvgIpc) is 3.25. The van der Waals surface area contributed by atoms with Gasteiger partial charge in [-0.2, -0.15) is 0 Å². The molecule has 0 aromatic heterocycles. The molecule has 0 saturated heterocycles. The van der Waals surface area contributed by atoms with Gasteiger partial charge in [-0.25, -0.2) is 0 Å². The molecule has 0 radical (unpaired) electrons. The summed E-state index contributed by atoms with van der Waals surface area (Å²) in [6.45, 7) is 5.49. The minimum absolute atomic E-state index is 0.0316. The molecule has 0 saturated carbocycles. The highest BCUT2D eigenvalue weighted by atomic mass is 31.2. The molecular formula is C55H112NO7P. The minimum atomic E-state index is -4.52. The van der Waals surface area contributed by atoms with E-state index in [9.17, 15) is 14.3 Å². The Morgan fingerprint density at radius 2 is 0.719 bits per heavy atom. The first kappa shape index (κ1) is 63.5. The molecule has 0 rings (SSSR count). The summed E-state index contributed by atoms with van der Waals surface area (Å²) in [7, 11) is 1.38. The van der Waals surface area contributed by atoms with E-state index in [0.29, 0.717) is 24.1 Å². The van der Waals surface area contributed by atoms with Crippen LogP contribution in [0.25, 0.3) is 0 Å². The van der Waals surface area contributed by atoms with Crippen LogP contribution in [0.2, 0.25) is 0 Å². The van der Waals surface area contributed by atoms with Gasteiger partial charge in [0.25, 0.3) is 7.82 Å². The minimum Gasteiger partial charge on any atom is -0.756 e. The van der Waals surface area contributed by atoms with Crippen molar-refractivity contribution in [2.75, 3.05) is 54.1 Å². The number of nitrogens with zero attached hydrogens (tertiary/aromatic N) is 1. The molecule has 384 valence electrons. The van der Waals surface area contributed by atoms with Gasteiger partial charge in [0.1, 0.15) is 19.3 Å². The largest absolute Gasteiger partial charge is 0.756 e. The third-order valence-corrected chi connectivity index (χ3v) is 13.9. The van der Waals surface area contributed by atoms with Gasteiger partial charge < -0.3 is 27.9 Å². The standard InChI is InChI=1S/C55H112NO7P/c1-6-8-10-12-14-16-18-20-21-22-23-24-25-26-27-28-29-30-31-32-33-34-35-36-37-38-40-42-44-46-48-55(57)63-54(53-62-64(58,59)61-51-49-56(3,4)5)52-60-50-47-45-43-41-39-19-17-15-13-11-9-7-2/h54H,6-53H2,1-5H3/t54-/m1/s1. The zero-order chi connectivity index (χ0) is 46.9. The van der Waals surface area contributed by atoms with E-state index >= 15 is 0 Å². The normalized spacial score (nSPS) is 13.4. The number of hydrogen-bond donors (Lipinski definition) is 0. The van der Waals surface area contributed by atoms with Crippen molar-refractivity contribution in [1.29, 1.82) is 0 Å². The number of unbranched alkanes of at least 4 members (excludes halogenated alkanes) is 40. The van der Waals surface area contributed by atoms with Crippen LogP contribution in [0.1, 0.15) is 290 Å². The van der Waals surface area contributed by atoms with E-state index in [1.54, 1.807) is 0 Å². The van der Waals surface area contributed by atoms with E-state index in [-0.39, 0.29) is 25.8 Å². The van der Waals surface area contributed by atoms with Gasteiger partial charge in [0.05, 0.1) is 34.4 Å². The summed E-state index contributed by atoms with van der Waals surface area (Å²) in [4.78, 5) is 25.2. The van der Waals surface area contributed by atoms with Gasteiger partial charge in [-0.15, -0.1) is 0 Å². The Labute approximate surface area is 399 Å². The predicted molar refractivity (Wildman–Crippen MR) is 273 cm³/mol. The number of rotatable bonds is 54. The van der Waals surface area contributed by atoms with Gasteiger partial charge in [0.2, 0.25) is 0 Å². The van der Waals surface area contributed by atoms with Gasteiger partial charge in [-0.3, -0.25) is 9.36 Å². The van der Waals surface area contributed by atoms with Crippen LogP contribution in [0.3, 0.4) is 0 Å². The molecule has 0 aliphatic carbocycles. The zero-order valence-corrected chi connectivity index (χ0v) is 44.7. The third-order valence-electron chi connectivity index (χ3n) is 12.9. The number of quaternary nitrogens is 1. The van der Waals surface area contributed by atoms with Gasteiger partial charge in [0.15, 0.2) is 0 Å². The van der Waals surface area contributed by atoms with Crippen LogP contribution in [0, 0.1) is 0 Å². The van der Waals surface area contributed by atoms with Crippen molar-refractivity contribution in [2.24, 2.45) is 0 Å². The summed E-state index contributed by atoms with van der Waals surface area (Å²) in [5.74, 6) is -0.325. The lowest BCUT2D eigenvalue weighted by molar-refractivity contribution is -0.870. The molecule has 2 atom stereocenters. The maximum Gasteiger partial charge on any atom is 0.306 e. The Balaban J connectivity index is 3.88. The van der Waals surface area contributed by atoms with Gasteiger partial charge in [-0.1, -0.05) is 271 Å². The molecule has 0 aromatic rings. The number of carbonyl (C=O) groups is 1. The number of hydrogen-bond acceptors (Lipinski definition) is 7. The Morgan fingerprint density at radius 1 is 0.422 bits per heavy atom. The molecule has 0 N–H and O–H groups in total. The molecule has 8 nitrogen and oxygen atoms in total. The van der Waals surface area contributed by atoms with Crippen molar-refractivity contribution in [3.05, 3.63) is 0 Å². The molecule has 0 spiro atoms. The maximum atomic E-state index is 12.8. The molecule has 0 aromatic carbocycles. The second-order valence-electron chi connectivity index (χ2n) is 20.7. The summed E-state index contributed by atoms with van der Waals surface area (Å²) in [6.07, 6.45) is 55.9. The van der Waals surface area contributed by atoms with Crippen LogP contribution in [-0.4, -0.2) is 70.7 Å². The van der Waals surface area contributed by atoms with E-state index in [4.69, 9.17) is 18.5 Å². The lowest BCUT2D eigenvalue weighted by Crippen LogP contribution is -2.37. The van der Waals surface area contributed by atoms with E-state index < -0.39 is 13.9 Å². The number of phosphoric ester groups is 1. The number of carbonyl (C=O) groups excluding carboxylic acids is 1. The molecule has 1 unspecified atom stereocenters. The molecule has 0 bridgehead atoms. The lowest BCUT2D eigenvalue weighted by atomic mass is 10.0. The average molecular weight is 930 g/mol. The van der Waals surface area contributed by atoms with Gasteiger partial charge in [0, 0.05) is 13.0 Å². The Kier molecular flexibility index (Phi) is 48.6. The highest BCUT2D eigenvalue weighted by molar-refractivity contribution is 7.45. The molecule has 0 amide bonds.